The number of carboxylic acids is 1. The average Bonchev–Trinajstić information content (AvgIpc) is 3.15. The average molecular weight is 384 g/mol. The molecule has 0 bridgehead atoms. The van der Waals surface area contributed by atoms with Crippen LogP contribution >= 0.6 is 0 Å². The van der Waals surface area contributed by atoms with Crippen LogP contribution in [0.5, 0.6) is 0 Å². The quantitative estimate of drug-likeness (QED) is 0.652. The van der Waals surface area contributed by atoms with E-state index in [1.807, 2.05) is 12.3 Å². The number of nitrogens with one attached hydrogen (secondary N) is 2. The van der Waals surface area contributed by atoms with Crippen LogP contribution in [-0.4, -0.2) is 32.7 Å². The zero-order valence-corrected chi connectivity index (χ0v) is 16.0. The van der Waals surface area contributed by atoms with E-state index in [4.69, 9.17) is 5.11 Å². The standard InChI is InChI=1S/C21H28N4O3/c26-20(27)17-8-10-18(11-9-17)24-21(28)23-15-19-22-12-14-25(19)13-4-7-16-5-2-1-3-6-16/h1-3,5-6,12,14,17-18H,4,7-11,13,15H2,(H,26,27)(H2,23,24,28). The number of urea groups is 1. The first-order valence-corrected chi connectivity index (χ1v) is 9.93. The van der Waals surface area contributed by atoms with Gasteiger partial charge in [0.25, 0.3) is 0 Å². The van der Waals surface area contributed by atoms with Crippen LogP contribution in [0.4, 0.5) is 4.79 Å². The summed E-state index contributed by atoms with van der Waals surface area (Å²) in [6, 6.07) is 10.2. The fraction of sp³-hybridized carbons (Fsp3) is 0.476. The molecule has 2 amide bonds. The molecule has 3 N–H and O–H groups in total. The van der Waals surface area contributed by atoms with Gasteiger partial charge in [0.2, 0.25) is 0 Å². The monoisotopic (exact) mass is 384 g/mol. The molecular weight excluding hydrogens is 356 g/mol. The highest BCUT2D eigenvalue weighted by molar-refractivity contribution is 5.74. The van der Waals surface area contributed by atoms with E-state index in [1.54, 1.807) is 6.20 Å². The second kappa shape index (κ2) is 9.92. The second-order valence-corrected chi connectivity index (χ2v) is 7.34. The number of carboxylic acid groups (broad SMARTS) is 1. The zero-order chi connectivity index (χ0) is 19.8. The summed E-state index contributed by atoms with van der Waals surface area (Å²) >= 11 is 0. The Bertz CT molecular complexity index is 767. The fourth-order valence-corrected chi connectivity index (χ4v) is 3.69. The van der Waals surface area contributed by atoms with Crippen molar-refractivity contribution in [3.05, 3.63) is 54.1 Å². The topological polar surface area (TPSA) is 96.3 Å². The van der Waals surface area contributed by atoms with E-state index in [-0.39, 0.29) is 18.0 Å². The maximum atomic E-state index is 12.2. The number of carbonyl (C=O) groups excluding carboxylic acids is 1. The molecule has 2 aromatic rings. The molecule has 7 nitrogen and oxygen atoms in total. The van der Waals surface area contributed by atoms with E-state index < -0.39 is 5.97 Å². The number of rotatable bonds is 8. The summed E-state index contributed by atoms with van der Waals surface area (Å²) in [6.45, 7) is 1.22. The van der Waals surface area contributed by atoms with Crippen LogP contribution in [0, 0.1) is 5.92 Å². The molecule has 3 rings (SSSR count). The van der Waals surface area contributed by atoms with Crippen LogP contribution in [0.1, 0.15) is 43.5 Å². The van der Waals surface area contributed by atoms with Crippen molar-refractivity contribution in [3.63, 3.8) is 0 Å². The number of aliphatic carboxylic acids is 1. The summed E-state index contributed by atoms with van der Waals surface area (Å²) in [7, 11) is 0. The maximum Gasteiger partial charge on any atom is 0.315 e. The molecule has 1 aromatic heterocycles. The van der Waals surface area contributed by atoms with Gasteiger partial charge in [-0.25, -0.2) is 9.78 Å². The van der Waals surface area contributed by atoms with Crippen molar-refractivity contribution in [2.75, 3.05) is 0 Å². The highest BCUT2D eigenvalue weighted by Gasteiger charge is 2.26. The van der Waals surface area contributed by atoms with Crippen molar-refractivity contribution in [1.29, 1.82) is 0 Å². The van der Waals surface area contributed by atoms with Crippen LogP contribution in [-0.2, 0) is 24.3 Å². The number of amides is 2. The fourth-order valence-electron chi connectivity index (χ4n) is 3.69. The van der Waals surface area contributed by atoms with Crippen LogP contribution < -0.4 is 10.6 Å². The van der Waals surface area contributed by atoms with Gasteiger partial charge < -0.3 is 20.3 Å². The van der Waals surface area contributed by atoms with Crippen molar-refractivity contribution in [1.82, 2.24) is 20.2 Å². The van der Waals surface area contributed by atoms with Crippen LogP contribution in [0.15, 0.2) is 42.7 Å². The summed E-state index contributed by atoms with van der Waals surface area (Å²) in [4.78, 5) is 27.5. The molecule has 7 heteroatoms. The van der Waals surface area contributed by atoms with Crippen molar-refractivity contribution in [2.45, 2.75) is 57.7 Å². The Morgan fingerprint density at radius 1 is 1.14 bits per heavy atom. The van der Waals surface area contributed by atoms with E-state index in [2.05, 4.69) is 44.5 Å². The summed E-state index contributed by atoms with van der Waals surface area (Å²) in [6.07, 6.45) is 8.35. The zero-order valence-electron chi connectivity index (χ0n) is 16.0. The number of aromatic nitrogens is 2. The van der Waals surface area contributed by atoms with E-state index in [0.717, 1.165) is 25.2 Å². The number of carbonyl (C=O) groups is 2. The minimum absolute atomic E-state index is 0.0428. The second-order valence-electron chi connectivity index (χ2n) is 7.34. The smallest absolute Gasteiger partial charge is 0.315 e. The molecule has 1 saturated carbocycles. The highest BCUT2D eigenvalue weighted by Crippen LogP contribution is 2.24. The first-order chi connectivity index (χ1) is 13.6. The lowest BCUT2D eigenvalue weighted by atomic mass is 9.86. The Kier molecular flexibility index (Phi) is 7.06. The Hall–Kier alpha value is -2.83. The van der Waals surface area contributed by atoms with Gasteiger partial charge in [-0.2, -0.15) is 0 Å². The van der Waals surface area contributed by atoms with E-state index >= 15 is 0 Å². The van der Waals surface area contributed by atoms with Crippen LogP contribution in [0.3, 0.4) is 0 Å². The Labute approximate surface area is 165 Å². The van der Waals surface area contributed by atoms with Gasteiger partial charge in [0, 0.05) is 25.0 Å². The molecule has 150 valence electrons. The number of aryl methyl sites for hydroxylation is 2. The molecule has 1 heterocycles. The van der Waals surface area contributed by atoms with Crippen molar-refractivity contribution >= 4 is 12.0 Å². The number of nitrogens with zero attached hydrogens (tertiary/aromatic N) is 2. The van der Waals surface area contributed by atoms with Gasteiger partial charge in [-0.15, -0.1) is 0 Å². The number of hydrogen-bond donors (Lipinski definition) is 3. The molecule has 0 unspecified atom stereocenters. The molecule has 0 radical (unpaired) electrons. The minimum Gasteiger partial charge on any atom is -0.481 e. The van der Waals surface area contributed by atoms with Gasteiger partial charge in [-0.05, 0) is 44.1 Å². The summed E-state index contributed by atoms with van der Waals surface area (Å²) in [5.41, 5.74) is 1.32. The molecule has 0 atom stereocenters. The van der Waals surface area contributed by atoms with Crippen molar-refractivity contribution in [2.24, 2.45) is 5.92 Å². The van der Waals surface area contributed by atoms with Gasteiger partial charge in [-0.3, -0.25) is 4.79 Å². The lowest BCUT2D eigenvalue weighted by molar-refractivity contribution is -0.142. The molecule has 28 heavy (non-hydrogen) atoms. The predicted octanol–water partition coefficient (Wildman–Crippen LogP) is 2.96. The third-order valence-electron chi connectivity index (χ3n) is 5.33. The molecule has 0 spiro atoms. The third kappa shape index (κ3) is 5.84. The molecule has 1 aliphatic rings. The highest BCUT2D eigenvalue weighted by atomic mass is 16.4. The van der Waals surface area contributed by atoms with Gasteiger partial charge in [0.05, 0.1) is 12.5 Å². The van der Waals surface area contributed by atoms with E-state index in [9.17, 15) is 9.59 Å². The maximum absolute atomic E-state index is 12.2. The summed E-state index contributed by atoms with van der Waals surface area (Å²) in [5.74, 6) is -0.177. The molecule has 1 aromatic carbocycles. The first kappa shape index (κ1) is 19.9. The number of benzene rings is 1. The molecule has 1 fully saturated rings. The number of hydrogen-bond acceptors (Lipinski definition) is 3. The van der Waals surface area contributed by atoms with Gasteiger partial charge in [0.15, 0.2) is 0 Å². The van der Waals surface area contributed by atoms with E-state index in [0.29, 0.717) is 32.2 Å². The van der Waals surface area contributed by atoms with Gasteiger partial charge in [0.1, 0.15) is 5.82 Å². The third-order valence-corrected chi connectivity index (χ3v) is 5.33. The molecule has 0 saturated heterocycles. The predicted molar refractivity (Wildman–Crippen MR) is 106 cm³/mol. The van der Waals surface area contributed by atoms with Crippen LogP contribution in [0.25, 0.3) is 0 Å². The Morgan fingerprint density at radius 3 is 2.61 bits per heavy atom. The van der Waals surface area contributed by atoms with Crippen molar-refractivity contribution in [3.8, 4) is 0 Å². The minimum atomic E-state index is -0.734. The largest absolute Gasteiger partial charge is 0.481 e. The Morgan fingerprint density at radius 2 is 1.89 bits per heavy atom. The normalized spacial score (nSPS) is 19.1. The summed E-state index contributed by atoms with van der Waals surface area (Å²) in [5, 5.41) is 14.8. The first-order valence-electron chi connectivity index (χ1n) is 9.93. The summed E-state index contributed by atoms with van der Waals surface area (Å²) < 4.78 is 2.07. The molecule has 0 aliphatic heterocycles. The number of imidazole rings is 1. The molecular formula is C21H28N4O3. The van der Waals surface area contributed by atoms with E-state index in [1.165, 1.54) is 5.56 Å². The van der Waals surface area contributed by atoms with Gasteiger partial charge in [-0.1, -0.05) is 30.3 Å². The lowest BCUT2D eigenvalue weighted by Gasteiger charge is -2.26. The molecule has 1 aliphatic carbocycles. The Balaban J connectivity index is 1.38. The van der Waals surface area contributed by atoms with Crippen molar-refractivity contribution < 1.29 is 14.7 Å². The van der Waals surface area contributed by atoms with Crippen LogP contribution in [0.2, 0.25) is 0 Å². The lowest BCUT2D eigenvalue weighted by Crippen LogP contribution is -2.44. The van der Waals surface area contributed by atoms with Gasteiger partial charge >= 0.3 is 12.0 Å². The SMILES string of the molecule is O=C(NCc1nccn1CCCc1ccccc1)NC1CCC(C(=O)O)CC1.